The van der Waals surface area contributed by atoms with Crippen LogP contribution in [0.2, 0.25) is 10.0 Å². The number of rotatable bonds is 5. The summed E-state index contributed by atoms with van der Waals surface area (Å²) in [5, 5.41) is 2.73. The number of hydrogen-bond donors (Lipinski definition) is 1. The van der Waals surface area contributed by atoms with E-state index in [9.17, 15) is 22.8 Å². The van der Waals surface area contributed by atoms with Gasteiger partial charge >= 0.3 is 16.1 Å². The van der Waals surface area contributed by atoms with Gasteiger partial charge in [0, 0.05) is 15.6 Å². The van der Waals surface area contributed by atoms with Gasteiger partial charge in [0.1, 0.15) is 16.2 Å². The summed E-state index contributed by atoms with van der Waals surface area (Å²) < 4.78 is 30.7. The number of benzene rings is 3. The first kappa shape index (κ1) is 23.5. The molecular weight excluding hydrogens is 503 g/mol. The van der Waals surface area contributed by atoms with Crippen LogP contribution in [0.15, 0.2) is 83.3 Å². The molecule has 8 nitrogen and oxygen atoms in total. The zero-order valence-electron chi connectivity index (χ0n) is 17.1. The van der Waals surface area contributed by atoms with Gasteiger partial charge in [0.2, 0.25) is 0 Å². The SMILES string of the molecule is O=C1NC(=O)N(c2cccc(Cl)c2)C(=O)/C1=C/c1ccccc1OS(=O)(=O)c1ccc(Cl)cc1. The lowest BCUT2D eigenvalue weighted by Gasteiger charge is -2.26. The van der Waals surface area contributed by atoms with Crippen molar-refractivity contribution in [1.82, 2.24) is 5.32 Å². The van der Waals surface area contributed by atoms with E-state index in [4.69, 9.17) is 27.4 Å². The maximum absolute atomic E-state index is 13.1. The molecule has 0 saturated carbocycles. The lowest BCUT2D eigenvalue weighted by atomic mass is 10.1. The van der Waals surface area contributed by atoms with Crippen LogP contribution in [-0.4, -0.2) is 26.3 Å². The van der Waals surface area contributed by atoms with Crippen LogP contribution in [0.25, 0.3) is 6.08 Å². The second-order valence-corrected chi connectivity index (χ2v) is 9.39. The van der Waals surface area contributed by atoms with Crippen molar-refractivity contribution >= 4 is 62.9 Å². The fraction of sp³-hybridized carbons (Fsp3) is 0. The van der Waals surface area contributed by atoms with Gasteiger partial charge < -0.3 is 4.18 Å². The van der Waals surface area contributed by atoms with Gasteiger partial charge in [-0.2, -0.15) is 8.42 Å². The number of halogens is 2. The van der Waals surface area contributed by atoms with Crippen molar-refractivity contribution in [3.63, 3.8) is 0 Å². The quantitative estimate of drug-likeness (QED) is 0.305. The van der Waals surface area contributed by atoms with E-state index in [0.717, 1.165) is 11.0 Å². The van der Waals surface area contributed by atoms with Gasteiger partial charge in [0.05, 0.1) is 5.69 Å². The number of amides is 4. The summed E-state index contributed by atoms with van der Waals surface area (Å²) in [7, 11) is -4.24. The molecule has 0 aromatic heterocycles. The predicted octanol–water partition coefficient (Wildman–Crippen LogP) is 4.43. The Labute approximate surface area is 204 Å². The molecular formula is C23H14Cl2N2O6S. The molecule has 1 heterocycles. The molecule has 0 unspecified atom stereocenters. The Balaban J connectivity index is 1.71. The lowest BCUT2D eigenvalue weighted by Crippen LogP contribution is -2.54. The number of urea groups is 1. The molecule has 1 saturated heterocycles. The van der Waals surface area contributed by atoms with Crippen LogP contribution in [0.5, 0.6) is 5.75 Å². The highest BCUT2D eigenvalue weighted by Gasteiger charge is 2.37. The van der Waals surface area contributed by atoms with Crippen LogP contribution in [0.3, 0.4) is 0 Å². The van der Waals surface area contributed by atoms with Crippen LogP contribution >= 0.6 is 23.2 Å². The molecule has 11 heteroatoms. The maximum atomic E-state index is 13.1. The van der Waals surface area contributed by atoms with Crippen molar-refractivity contribution in [3.8, 4) is 5.75 Å². The Morgan fingerprint density at radius 3 is 2.26 bits per heavy atom. The van der Waals surface area contributed by atoms with Crippen molar-refractivity contribution in [2.75, 3.05) is 4.90 Å². The molecule has 4 rings (SSSR count). The average molecular weight is 517 g/mol. The number of barbiturate groups is 1. The summed E-state index contributed by atoms with van der Waals surface area (Å²) in [6, 6.07) is 16.3. The number of carbonyl (C=O) groups is 3. The second-order valence-electron chi connectivity index (χ2n) is 6.97. The second kappa shape index (κ2) is 9.30. The Kier molecular flexibility index (Phi) is 6.43. The van der Waals surface area contributed by atoms with Crippen LogP contribution in [0.4, 0.5) is 10.5 Å². The molecule has 0 aliphatic carbocycles. The van der Waals surface area contributed by atoms with Crippen LogP contribution in [0, 0.1) is 0 Å². The fourth-order valence-corrected chi connectivity index (χ4v) is 4.37. The number of nitrogens with zero attached hydrogens (tertiary/aromatic N) is 1. The number of anilines is 1. The molecule has 3 aromatic rings. The fourth-order valence-electron chi connectivity index (χ4n) is 3.11. The van der Waals surface area contributed by atoms with Crippen molar-refractivity contribution in [3.05, 3.63) is 94.0 Å². The monoisotopic (exact) mass is 516 g/mol. The molecule has 0 radical (unpaired) electrons. The zero-order valence-corrected chi connectivity index (χ0v) is 19.4. The summed E-state index contributed by atoms with van der Waals surface area (Å²) >= 11 is 11.8. The number of para-hydroxylation sites is 1. The first-order valence-electron chi connectivity index (χ1n) is 9.62. The number of imide groups is 2. The van der Waals surface area contributed by atoms with Gasteiger partial charge in [0.15, 0.2) is 0 Å². The predicted molar refractivity (Wildman–Crippen MR) is 126 cm³/mol. The Bertz CT molecular complexity index is 1450. The minimum absolute atomic E-state index is 0.124. The molecule has 34 heavy (non-hydrogen) atoms. The van der Waals surface area contributed by atoms with Crippen molar-refractivity contribution in [2.24, 2.45) is 0 Å². The molecule has 0 spiro atoms. The molecule has 0 atom stereocenters. The largest absolute Gasteiger partial charge is 0.378 e. The minimum Gasteiger partial charge on any atom is -0.378 e. The summed E-state index contributed by atoms with van der Waals surface area (Å²) in [5.41, 5.74) is -0.123. The van der Waals surface area contributed by atoms with Crippen molar-refractivity contribution in [2.45, 2.75) is 4.90 Å². The molecule has 1 N–H and O–H groups in total. The standard InChI is InChI=1S/C23H14Cl2N2O6S/c24-15-8-10-18(11-9-15)34(31,32)33-20-7-2-1-4-14(20)12-19-21(28)26-23(30)27(22(19)29)17-6-3-5-16(25)13-17/h1-13H,(H,26,28,30)/b19-12+. The molecule has 4 amide bonds. The van der Waals surface area contributed by atoms with Gasteiger partial charge in [-0.1, -0.05) is 47.5 Å². The molecule has 1 aliphatic rings. The van der Waals surface area contributed by atoms with Crippen molar-refractivity contribution in [1.29, 1.82) is 0 Å². The number of nitrogens with one attached hydrogen (secondary N) is 1. The molecule has 1 aliphatic heterocycles. The summed E-state index contributed by atoms with van der Waals surface area (Å²) in [4.78, 5) is 38.5. The summed E-state index contributed by atoms with van der Waals surface area (Å²) in [5.74, 6) is -1.98. The molecule has 3 aromatic carbocycles. The summed E-state index contributed by atoms with van der Waals surface area (Å²) in [6.45, 7) is 0. The van der Waals surface area contributed by atoms with Crippen LogP contribution in [-0.2, 0) is 19.7 Å². The third kappa shape index (κ3) is 4.81. The number of hydrogen-bond acceptors (Lipinski definition) is 6. The highest BCUT2D eigenvalue weighted by molar-refractivity contribution is 7.87. The van der Waals surface area contributed by atoms with Crippen molar-refractivity contribution < 1.29 is 27.0 Å². The van der Waals surface area contributed by atoms with Gasteiger partial charge in [-0.05, 0) is 54.6 Å². The van der Waals surface area contributed by atoms with E-state index in [0.29, 0.717) is 5.02 Å². The van der Waals surface area contributed by atoms with E-state index in [1.54, 1.807) is 18.2 Å². The molecule has 172 valence electrons. The normalized spacial score (nSPS) is 15.4. The van der Waals surface area contributed by atoms with Gasteiger partial charge in [0.25, 0.3) is 11.8 Å². The van der Waals surface area contributed by atoms with E-state index in [1.165, 1.54) is 54.6 Å². The Morgan fingerprint density at radius 1 is 0.853 bits per heavy atom. The zero-order chi connectivity index (χ0) is 24.5. The lowest BCUT2D eigenvalue weighted by molar-refractivity contribution is -0.122. The van der Waals surface area contributed by atoms with Crippen LogP contribution < -0.4 is 14.4 Å². The third-order valence-electron chi connectivity index (χ3n) is 4.69. The minimum atomic E-state index is -4.24. The smallest absolute Gasteiger partial charge is 0.339 e. The topological polar surface area (TPSA) is 110 Å². The Morgan fingerprint density at radius 2 is 1.56 bits per heavy atom. The average Bonchev–Trinajstić information content (AvgIpc) is 2.78. The third-order valence-corrected chi connectivity index (χ3v) is 6.42. The van der Waals surface area contributed by atoms with E-state index in [2.05, 4.69) is 5.32 Å². The van der Waals surface area contributed by atoms with E-state index >= 15 is 0 Å². The summed E-state index contributed by atoms with van der Waals surface area (Å²) in [6.07, 6.45) is 1.15. The first-order valence-corrected chi connectivity index (χ1v) is 11.8. The molecule has 1 fully saturated rings. The number of carbonyl (C=O) groups excluding carboxylic acids is 3. The van der Waals surface area contributed by atoms with Gasteiger partial charge in [-0.25, -0.2) is 9.69 Å². The highest BCUT2D eigenvalue weighted by atomic mass is 35.5. The van der Waals surface area contributed by atoms with E-state index < -0.39 is 33.5 Å². The van der Waals surface area contributed by atoms with Gasteiger partial charge in [-0.3, -0.25) is 14.9 Å². The van der Waals surface area contributed by atoms with Crippen LogP contribution in [0.1, 0.15) is 5.56 Å². The highest BCUT2D eigenvalue weighted by Crippen LogP contribution is 2.28. The van der Waals surface area contributed by atoms with Gasteiger partial charge in [-0.15, -0.1) is 0 Å². The molecule has 0 bridgehead atoms. The Hall–Kier alpha value is -3.66. The first-order chi connectivity index (χ1) is 16.2. The maximum Gasteiger partial charge on any atom is 0.339 e. The van der Waals surface area contributed by atoms with E-state index in [1.807, 2.05) is 0 Å². The van der Waals surface area contributed by atoms with E-state index in [-0.39, 0.29) is 26.9 Å².